The molecule has 130 valence electrons. The van der Waals surface area contributed by atoms with Crippen molar-refractivity contribution < 1.29 is 4.79 Å². The summed E-state index contributed by atoms with van der Waals surface area (Å²) >= 11 is 0. The molecule has 1 aromatic carbocycles. The first-order valence-electron chi connectivity index (χ1n) is 8.65. The SMILES string of the molecule is CCCCCNC(=O)c1cn(CC(C)C)c2cccc(N)c2c1=O. The zero-order chi connectivity index (χ0) is 17.7. The molecule has 0 saturated carbocycles. The molecule has 1 amide bonds. The van der Waals surface area contributed by atoms with Crippen LogP contribution in [0.5, 0.6) is 0 Å². The molecule has 5 heteroatoms. The lowest BCUT2D eigenvalue weighted by Crippen LogP contribution is -2.31. The van der Waals surface area contributed by atoms with Crippen molar-refractivity contribution in [2.75, 3.05) is 12.3 Å². The maximum absolute atomic E-state index is 12.8. The Hall–Kier alpha value is -2.30. The minimum atomic E-state index is -0.321. The van der Waals surface area contributed by atoms with E-state index in [-0.39, 0.29) is 16.9 Å². The molecular formula is C19H27N3O2. The van der Waals surface area contributed by atoms with E-state index in [1.807, 2.05) is 16.7 Å². The number of benzene rings is 1. The van der Waals surface area contributed by atoms with Crippen LogP contribution >= 0.6 is 0 Å². The summed E-state index contributed by atoms with van der Waals surface area (Å²) < 4.78 is 1.96. The number of carbonyl (C=O) groups is 1. The summed E-state index contributed by atoms with van der Waals surface area (Å²) in [6.45, 7) is 7.61. The molecule has 2 rings (SSSR count). The van der Waals surface area contributed by atoms with E-state index < -0.39 is 0 Å². The molecule has 0 aliphatic heterocycles. The Balaban J connectivity index is 2.46. The molecule has 0 bridgehead atoms. The van der Waals surface area contributed by atoms with Crippen LogP contribution in [0.1, 0.15) is 50.4 Å². The fraction of sp³-hybridized carbons (Fsp3) is 0.474. The molecule has 0 aliphatic rings. The fourth-order valence-electron chi connectivity index (χ4n) is 2.84. The topological polar surface area (TPSA) is 77.1 Å². The van der Waals surface area contributed by atoms with Gasteiger partial charge in [0.05, 0.1) is 10.9 Å². The first-order valence-corrected chi connectivity index (χ1v) is 8.65. The van der Waals surface area contributed by atoms with Crippen molar-refractivity contribution in [2.24, 2.45) is 5.92 Å². The number of nitrogens with two attached hydrogens (primary N) is 1. The van der Waals surface area contributed by atoms with Gasteiger partial charge in [-0.3, -0.25) is 9.59 Å². The molecule has 0 atom stereocenters. The number of rotatable bonds is 7. The van der Waals surface area contributed by atoms with Gasteiger partial charge in [0.1, 0.15) is 5.56 Å². The molecule has 0 fully saturated rings. The van der Waals surface area contributed by atoms with Crippen LogP contribution in [0.25, 0.3) is 10.9 Å². The number of hydrogen-bond donors (Lipinski definition) is 2. The Morgan fingerprint density at radius 3 is 2.71 bits per heavy atom. The maximum atomic E-state index is 12.8. The number of nitrogens with zero attached hydrogens (tertiary/aromatic N) is 1. The monoisotopic (exact) mass is 329 g/mol. The molecule has 5 nitrogen and oxygen atoms in total. The van der Waals surface area contributed by atoms with Gasteiger partial charge in [-0.15, -0.1) is 0 Å². The van der Waals surface area contributed by atoms with Gasteiger partial charge in [-0.25, -0.2) is 0 Å². The van der Waals surface area contributed by atoms with Crippen molar-refractivity contribution in [2.45, 2.75) is 46.6 Å². The summed E-state index contributed by atoms with van der Waals surface area (Å²) in [5, 5.41) is 3.28. The lowest BCUT2D eigenvalue weighted by atomic mass is 10.1. The lowest BCUT2D eigenvalue weighted by molar-refractivity contribution is 0.0951. The minimum absolute atomic E-state index is 0.164. The molecular weight excluding hydrogens is 302 g/mol. The average molecular weight is 329 g/mol. The van der Waals surface area contributed by atoms with Crippen LogP contribution in [-0.2, 0) is 6.54 Å². The van der Waals surface area contributed by atoms with Gasteiger partial charge in [0.2, 0.25) is 5.43 Å². The number of nitrogen functional groups attached to an aromatic ring is 1. The van der Waals surface area contributed by atoms with E-state index in [1.54, 1.807) is 12.3 Å². The number of nitrogens with one attached hydrogen (secondary N) is 1. The van der Waals surface area contributed by atoms with E-state index in [2.05, 4.69) is 26.1 Å². The van der Waals surface area contributed by atoms with Crippen LogP contribution in [0.4, 0.5) is 5.69 Å². The average Bonchev–Trinajstić information content (AvgIpc) is 2.53. The largest absolute Gasteiger partial charge is 0.398 e. The van der Waals surface area contributed by atoms with Gasteiger partial charge in [-0.2, -0.15) is 0 Å². The molecule has 0 radical (unpaired) electrons. The predicted octanol–water partition coefficient (Wildman–Crippen LogP) is 3.16. The molecule has 1 aromatic heterocycles. The highest BCUT2D eigenvalue weighted by molar-refractivity contribution is 6.00. The number of carbonyl (C=O) groups excluding carboxylic acids is 1. The van der Waals surface area contributed by atoms with Gasteiger partial charge < -0.3 is 15.6 Å². The van der Waals surface area contributed by atoms with Gasteiger partial charge in [-0.05, 0) is 24.5 Å². The van der Waals surface area contributed by atoms with Gasteiger partial charge in [0.25, 0.3) is 5.91 Å². The van der Waals surface area contributed by atoms with Crippen molar-refractivity contribution in [1.82, 2.24) is 9.88 Å². The van der Waals surface area contributed by atoms with Gasteiger partial charge >= 0.3 is 0 Å². The quantitative estimate of drug-likeness (QED) is 0.605. The third-order valence-corrected chi connectivity index (χ3v) is 4.01. The molecule has 1 heterocycles. The van der Waals surface area contributed by atoms with Crippen LogP contribution in [0.2, 0.25) is 0 Å². The van der Waals surface area contributed by atoms with E-state index >= 15 is 0 Å². The van der Waals surface area contributed by atoms with E-state index in [9.17, 15) is 9.59 Å². The smallest absolute Gasteiger partial charge is 0.256 e. The third kappa shape index (κ3) is 3.96. The Morgan fingerprint density at radius 1 is 1.29 bits per heavy atom. The van der Waals surface area contributed by atoms with E-state index in [0.29, 0.717) is 23.5 Å². The molecule has 0 saturated heterocycles. The van der Waals surface area contributed by atoms with E-state index in [4.69, 9.17) is 5.73 Å². The van der Waals surface area contributed by atoms with Gasteiger partial charge in [0.15, 0.2) is 0 Å². The zero-order valence-electron chi connectivity index (χ0n) is 14.8. The number of fused-ring (bicyclic) bond motifs is 1. The third-order valence-electron chi connectivity index (χ3n) is 4.01. The summed E-state index contributed by atoms with van der Waals surface area (Å²) in [6.07, 6.45) is 4.73. The number of amides is 1. The molecule has 24 heavy (non-hydrogen) atoms. The van der Waals surface area contributed by atoms with Crippen molar-refractivity contribution in [3.8, 4) is 0 Å². The summed E-state index contributed by atoms with van der Waals surface area (Å²) in [7, 11) is 0. The van der Waals surface area contributed by atoms with Gasteiger partial charge in [0, 0.05) is 25.0 Å². The highest BCUT2D eigenvalue weighted by atomic mass is 16.2. The van der Waals surface area contributed by atoms with Crippen molar-refractivity contribution in [3.63, 3.8) is 0 Å². The summed E-state index contributed by atoms with van der Waals surface area (Å²) in [6, 6.07) is 5.41. The van der Waals surface area contributed by atoms with Gasteiger partial charge in [-0.1, -0.05) is 39.7 Å². The predicted molar refractivity (Wildman–Crippen MR) is 99.3 cm³/mol. The first-order chi connectivity index (χ1) is 11.5. The van der Waals surface area contributed by atoms with Crippen LogP contribution in [0.15, 0.2) is 29.2 Å². The Morgan fingerprint density at radius 2 is 2.04 bits per heavy atom. The zero-order valence-corrected chi connectivity index (χ0v) is 14.8. The normalized spacial score (nSPS) is 11.2. The molecule has 2 aromatic rings. The summed E-state index contributed by atoms with van der Waals surface area (Å²) in [5.74, 6) is 0.0661. The first kappa shape index (κ1) is 18.0. The number of aromatic nitrogens is 1. The lowest BCUT2D eigenvalue weighted by Gasteiger charge is -2.16. The minimum Gasteiger partial charge on any atom is -0.398 e. The second-order valence-electron chi connectivity index (χ2n) is 6.62. The highest BCUT2D eigenvalue weighted by Crippen LogP contribution is 2.19. The molecule has 0 aliphatic carbocycles. The number of unbranched alkanes of at least 4 members (excludes halogenated alkanes) is 2. The Labute approximate surface area is 142 Å². The van der Waals surface area contributed by atoms with Crippen molar-refractivity contribution in [1.29, 1.82) is 0 Å². The van der Waals surface area contributed by atoms with Crippen LogP contribution < -0.4 is 16.5 Å². The Kier molecular flexibility index (Phi) is 6.01. The number of pyridine rings is 1. The van der Waals surface area contributed by atoms with Crippen LogP contribution in [0.3, 0.4) is 0 Å². The van der Waals surface area contributed by atoms with Crippen molar-refractivity contribution >= 4 is 22.5 Å². The standard InChI is InChI=1S/C19H27N3O2/c1-4-5-6-10-21-19(24)14-12-22(11-13(2)3)16-9-7-8-15(20)17(16)18(14)23/h7-9,12-13H,4-6,10-11,20H2,1-3H3,(H,21,24). The molecule has 3 N–H and O–H groups in total. The summed E-state index contributed by atoms with van der Waals surface area (Å²) in [4.78, 5) is 25.2. The highest BCUT2D eigenvalue weighted by Gasteiger charge is 2.17. The number of hydrogen-bond acceptors (Lipinski definition) is 3. The molecule has 0 spiro atoms. The number of anilines is 1. The van der Waals surface area contributed by atoms with E-state index in [0.717, 1.165) is 31.3 Å². The van der Waals surface area contributed by atoms with E-state index in [1.165, 1.54) is 0 Å². The van der Waals surface area contributed by atoms with Crippen LogP contribution in [-0.4, -0.2) is 17.0 Å². The van der Waals surface area contributed by atoms with Crippen LogP contribution in [0, 0.1) is 5.92 Å². The second-order valence-corrected chi connectivity index (χ2v) is 6.62. The Bertz CT molecular complexity index is 778. The fourth-order valence-corrected chi connectivity index (χ4v) is 2.84. The maximum Gasteiger partial charge on any atom is 0.256 e. The summed E-state index contributed by atoms with van der Waals surface area (Å²) in [5.41, 5.74) is 7.08. The second kappa shape index (κ2) is 7.99. The molecule has 0 unspecified atom stereocenters. The van der Waals surface area contributed by atoms with Crippen molar-refractivity contribution in [3.05, 3.63) is 40.2 Å².